The number of nitrogens with zero attached hydrogens (tertiary/aromatic N) is 1. The van der Waals surface area contributed by atoms with Gasteiger partial charge in [-0.25, -0.2) is 0 Å². The van der Waals surface area contributed by atoms with E-state index in [4.69, 9.17) is 5.73 Å². The van der Waals surface area contributed by atoms with Gasteiger partial charge in [-0.3, -0.25) is 4.79 Å². The number of likely N-dealkylation sites (tertiary alicyclic amines) is 1. The Bertz CT molecular complexity index is 439. The fourth-order valence-corrected chi connectivity index (χ4v) is 2.72. The van der Waals surface area contributed by atoms with Crippen molar-refractivity contribution in [3.63, 3.8) is 0 Å². The van der Waals surface area contributed by atoms with Gasteiger partial charge in [0.15, 0.2) is 0 Å². The molecule has 20 heavy (non-hydrogen) atoms. The van der Waals surface area contributed by atoms with E-state index in [0.717, 1.165) is 32.4 Å². The molecule has 1 aromatic carbocycles. The Morgan fingerprint density at radius 3 is 2.65 bits per heavy atom. The lowest BCUT2D eigenvalue weighted by molar-refractivity contribution is -0.132. The maximum absolute atomic E-state index is 12.2. The first kappa shape index (κ1) is 15.0. The van der Waals surface area contributed by atoms with E-state index in [0.29, 0.717) is 12.3 Å². The highest BCUT2D eigenvalue weighted by Gasteiger charge is 2.20. The molecule has 0 spiro atoms. The number of benzene rings is 1. The molecule has 1 aromatic rings. The number of nitrogens with two attached hydrogens (primary N) is 1. The fraction of sp³-hybridized carbons (Fsp3) is 0.588. The van der Waals surface area contributed by atoms with Gasteiger partial charge in [0.05, 0.1) is 0 Å². The Hall–Kier alpha value is -1.35. The molecule has 1 atom stereocenters. The summed E-state index contributed by atoms with van der Waals surface area (Å²) in [5.41, 5.74) is 8.51. The standard InChI is InChI=1S/C17H26N2O/c1-13(2)15-8-5-14(6-9-15)7-10-17(20)19-11-3-4-16(18)12-19/h5-6,8-9,13,16H,3-4,7,10-12,18H2,1-2H3. The van der Waals surface area contributed by atoms with Crippen LogP contribution in [-0.2, 0) is 11.2 Å². The lowest BCUT2D eigenvalue weighted by atomic mass is 10.00. The molecule has 1 fully saturated rings. The lowest BCUT2D eigenvalue weighted by Crippen LogP contribution is -2.45. The minimum absolute atomic E-state index is 0.165. The summed E-state index contributed by atoms with van der Waals surface area (Å²) < 4.78 is 0. The molecule has 0 aromatic heterocycles. The van der Waals surface area contributed by atoms with E-state index in [1.165, 1.54) is 11.1 Å². The van der Waals surface area contributed by atoms with Gasteiger partial charge in [-0.05, 0) is 36.3 Å². The van der Waals surface area contributed by atoms with Crippen LogP contribution in [0, 0.1) is 0 Å². The predicted molar refractivity (Wildman–Crippen MR) is 82.6 cm³/mol. The third kappa shape index (κ3) is 4.07. The second-order valence-electron chi connectivity index (χ2n) is 6.14. The summed E-state index contributed by atoms with van der Waals surface area (Å²) in [6, 6.07) is 8.79. The van der Waals surface area contributed by atoms with Gasteiger partial charge in [-0.1, -0.05) is 38.1 Å². The molecule has 1 amide bonds. The Morgan fingerprint density at radius 1 is 1.35 bits per heavy atom. The van der Waals surface area contributed by atoms with Crippen LogP contribution >= 0.6 is 0 Å². The Morgan fingerprint density at radius 2 is 2.05 bits per heavy atom. The number of rotatable bonds is 4. The number of amides is 1. The van der Waals surface area contributed by atoms with Crippen molar-refractivity contribution in [2.75, 3.05) is 13.1 Å². The minimum Gasteiger partial charge on any atom is -0.341 e. The van der Waals surface area contributed by atoms with E-state index in [-0.39, 0.29) is 11.9 Å². The molecule has 3 heteroatoms. The number of aryl methyl sites for hydroxylation is 1. The summed E-state index contributed by atoms with van der Waals surface area (Å²) in [7, 11) is 0. The summed E-state index contributed by atoms with van der Waals surface area (Å²) in [5.74, 6) is 0.800. The van der Waals surface area contributed by atoms with Crippen LogP contribution in [0.15, 0.2) is 24.3 Å². The first-order valence-corrected chi connectivity index (χ1v) is 7.68. The third-order valence-corrected chi connectivity index (χ3v) is 4.08. The second-order valence-corrected chi connectivity index (χ2v) is 6.14. The van der Waals surface area contributed by atoms with Crippen LogP contribution in [0.4, 0.5) is 0 Å². The zero-order valence-corrected chi connectivity index (χ0v) is 12.6. The third-order valence-electron chi connectivity index (χ3n) is 4.08. The quantitative estimate of drug-likeness (QED) is 0.917. The zero-order valence-electron chi connectivity index (χ0n) is 12.6. The monoisotopic (exact) mass is 274 g/mol. The summed E-state index contributed by atoms with van der Waals surface area (Å²) in [5, 5.41) is 0. The van der Waals surface area contributed by atoms with E-state index >= 15 is 0 Å². The van der Waals surface area contributed by atoms with Gasteiger partial charge in [-0.15, -0.1) is 0 Å². The van der Waals surface area contributed by atoms with Crippen molar-refractivity contribution in [3.8, 4) is 0 Å². The smallest absolute Gasteiger partial charge is 0.222 e. The molecule has 110 valence electrons. The molecule has 2 N–H and O–H groups in total. The van der Waals surface area contributed by atoms with Crippen molar-refractivity contribution < 1.29 is 4.79 Å². The molecule has 1 saturated heterocycles. The average molecular weight is 274 g/mol. The topological polar surface area (TPSA) is 46.3 Å². The number of hydrogen-bond acceptors (Lipinski definition) is 2. The van der Waals surface area contributed by atoms with Crippen LogP contribution in [0.3, 0.4) is 0 Å². The summed E-state index contributed by atoms with van der Waals surface area (Å²) in [6.07, 6.45) is 3.49. The molecule has 0 aliphatic carbocycles. The van der Waals surface area contributed by atoms with Crippen molar-refractivity contribution in [2.45, 2.75) is 51.5 Å². The van der Waals surface area contributed by atoms with Crippen LogP contribution in [-0.4, -0.2) is 29.9 Å². The van der Waals surface area contributed by atoms with Crippen molar-refractivity contribution in [2.24, 2.45) is 5.73 Å². The van der Waals surface area contributed by atoms with Crippen LogP contribution < -0.4 is 5.73 Å². The number of piperidine rings is 1. The van der Waals surface area contributed by atoms with E-state index in [1.807, 2.05) is 4.90 Å². The van der Waals surface area contributed by atoms with Gasteiger partial charge >= 0.3 is 0 Å². The predicted octanol–water partition coefficient (Wildman–Crippen LogP) is 2.69. The molecule has 0 bridgehead atoms. The first-order chi connectivity index (χ1) is 9.56. The maximum atomic E-state index is 12.2. The SMILES string of the molecule is CC(C)c1ccc(CCC(=O)N2CCCC(N)C2)cc1. The van der Waals surface area contributed by atoms with E-state index in [1.54, 1.807) is 0 Å². The minimum atomic E-state index is 0.165. The van der Waals surface area contributed by atoms with Crippen LogP contribution in [0.25, 0.3) is 0 Å². The van der Waals surface area contributed by atoms with Crippen molar-refractivity contribution in [3.05, 3.63) is 35.4 Å². The molecular weight excluding hydrogens is 248 g/mol. The van der Waals surface area contributed by atoms with Gasteiger partial charge in [0.2, 0.25) is 5.91 Å². The van der Waals surface area contributed by atoms with Crippen LogP contribution in [0.1, 0.15) is 50.2 Å². The molecule has 1 aliphatic rings. The molecule has 2 rings (SSSR count). The van der Waals surface area contributed by atoms with Gasteiger partial charge in [0.25, 0.3) is 0 Å². The maximum Gasteiger partial charge on any atom is 0.222 e. The van der Waals surface area contributed by atoms with E-state index in [9.17, 15) is 4.79 Å². The molecule has 1 heterocycles. The first-order valence-electron chi connectivity index (χ1n) is 7.68. The van der Waals surface area contributed by atoms with Crippen LogP contribution in [0.2, 0.25) is 0 Å². The molecule has 0 saturated carbocycles. The normalized spacial score (nSPS) is 19.4. The highest BCUT2D eigenvalue weighted by Crippen LogP contribution is 2.16. The van der Waals surface area contributed by atoms with Crippen molar-refractivity contribution in [1.82, 2.24) is 4.90 Å². The molecular formula is C17H26N2O. The number of hydrogen-bond donors (Lipinski definition) is 1. The van der Waals surface area contributed by atoms with E-state index in [2.05, 4.69) is 38.1 Å². The van der Waals surface area contributed by atoms with Crippen molar-refractivity contribution >= 4 is 5.91 Å². The summed E-state index contributed by atoms with van der Waals surface area (Å²) in [4.78, 5) is 14.1. The Labute approximate surface area is 122 Å². The zero-order chi connectivity index (χ0) is 14.5. The molecule has 1 aliphatic heterocycles. The fourth-order valence-electron chi connectivity index (χ4n) is 2.72. The van der Waals surface area contributed by atoms with E-state index < -0.39 is 0 Å². The Kier molecular flexibility index (Phi) is 5.18. The highest BCUT2D eigenvalue weighted by atomic mass is 16.2. The summed E-state index contributed by atoms with van der Waals surface area (Å²) >= 11 is 0. The molecule has 0 radical (unpaired) electrons. The van der Waals surface area contributed by atoms with Gasteiger partial charge < -0.3 is 10.6 Å². The summed E-state index contributed by atoms with van der Waals surface area (Å²) in [6.45, 7) is 5.99. The molecule has 1 unspecified atom stereocenters. The lowest BCUT2D eigenvalue weighted by Gasteiger charge is -2.30. The molecule has 3 nitrogen and oxygen atoms in total. The Balaban J connectivity index is 1.83. The van der Waals surface area contributed by atoms with Gasteiger partial charge in [0.1, 0.15) is 0 Å². The van der Waals surface area contributed by atoms with Gasteiger partial charge in [0, 0.05) is 25.6 Å². The second kappa shape index (κ2) is 6.89. The average Bonchev–Trinajstić information content (AvgIpc) is 2.45. The largest absolute Gasteiger partial charge is 0.341 e. The number of carbonyl (C=O) groups is 1. The highest BCUT2D eigenvalue weighted by molar-refractivity contribution is 5.76. The van der Waals surface area contributed by atoms with Crippen molar-refractivity contribution in [1.29, 1.82) is 0 Å². The van der Waals surface area contributed by atoms with Gasteiger partial charge in [-0.2, -0.15) is 0 Å². The van der Waals surface area contributed by atoms with Crippen LogP contribution in [0.5, 0.6) is 0 Å². The number of carbonyl (C=O) groups excluding carboxylic acids is 1.